The zero-order chi connectivity index (χ0) is 20.4. The molecule has 0 saturated carbocycles. The van der Waals surface area contributed by atoms with E-state index in [1.165, 1.54) is 28.6 Å². The molecule has 8 nitrogen and oxygen atoms in total. The number of esters is 1. The van der Waals surface area contributed by atoms with E-state index in [1.807, 2.05) is 0 Å². The van der Waals surface area contributed by atoms with Gasteiger partial charge in [-0.05, 0) is 35.9 Å². The van der Waals surface area contributed by atoms with Gasteiger partial charge in [0.2, 0.25) is 16.8 Å². The SMILES string of the molecule is O=C(OCc1cc(Cl)c2c(c1)OCO2)c1cccc(S(=O)(=O)N2CCOCC2)c1. The smallest absolute Gasteiger partial charge is 0.338 e. The van der Waals surface area contributed by atoms with E-state index in [0.717, 1.165) is 0 Å². The molecule has 4 rings (SSSR count). The van der Waals surface area contributed by atoms with Crippen LogP contribution in [0.15, 0.2) is 41.3 Å². The Balaban J connectivity index is 1.47. The zero-order valence-electron chi connectivity index (χ0n) is 15.3. The summed E-state index contributed by atoms with van der Waals surface area (Å²) in [6, 6.07) is 9.11. The van der Waals surface area contributed by atoms with Gasteiger partial charge in [-0.3, -0.25) is 0 Å². The van der Waals surface area contributed by atoms with Gasteiger partial charge in [0.05, 0.1) is 28.7 Å². The number of rotatable bonds is 5. The van der Waals surface area contributed by atoms with Crippen LogP contribution in [0.4, 0.5) is 0 Å². The molecule has 2 aliphatic heterocycles. The number of hydrogen-bond donors (Lipinski definition) is 0. The van der Waals surface area contributed by atoms with Gasteiger partial charge < -0.3 is 18.9 Å². The van der Waals surface area contributed by atoms with Crippen LogP contribution in [0.3, 0.4) is 0 Å². The van der Waals surface area contributed by atoms with E-state index in [-0.39, 0.29) is 36.9 Å². The fourth-order valence-electron chi connectivity index (χ4n) is 3.06. The summed E-state index contributed by atoms with van der Waals surface area (Å²) in [7, 11) is -3.70. The molecule has 0 atom stereocenters. The zero-order valence-corrected chi connectivity index (χ0v) is 16.9. The molecule has 0 bridgehead atoms. The number of nitrogens with zero attached hydrogens (tertiary/aromatic N) is 1. The van der Waals surface area contributed by atoms with Gasteiger partial charge in [0.25, 0.3) is 0 Å². The van der Waals surface area contributed by atoms with E-state index in [2.05, 4.69) is 0 Å². The topological polar surface area (TPSA) is 91.4 Å². The highest BCUT2D eigenvalue weighted by Crippen LogP contribution is 2.39. The minimum Gasteiger partial charge on any atom is -0.457 e. The normalized spacial score (nSPS) is 16.6. The summed E-state index contributed by atoms with van der Waals surface area (Å²) in [5.74, 6) is 0.308. The molecule has 0 spiro atoms. The lowest BCUT2D eigenvalue weighted by Gasteiger charge is -2.26. The number of halogens is 1. The lowest BCUT2D eigenvalue weighted by atomic mass is 10.2. The summed E-state index contributed by atoms with van der Waals surface area (Å²) in [6.07, 6.45) is 0. The van der Waals surface area contributed by atoms with Crippen molar-refractivity contribution in [3.63, 3.8) is 0 Å². The third-order valence-corrected chi connectivity index (χ3v) is 6.71. The Labute approximate surface area is 172 Å². The quantitative estimate of drug-likeness (QED) is 0.661. The fraction of sp³-hybridized carbons (Fsp3) is 0.316. The van der Waals surface area contributed by atoms with Gasteiger partial charge in [0.1, 0.15) is 6.61 Å². The first-order valence-corrected chi connectivity index (χ1v) is 10.7. The van der Waals surface area contributed by atoms with Crippen LogP contribution in [-0.4, -0.2) is 51.8 Å². The Bertz CT molecular complexity index is 1030. The Hall–Kier alpha value is -2.33. The average Bonchev–Trinajstić information content (AvgIpc) is 3.22. The first-order valence-electron chi connectivity index (χ1n) is 8.88. The Morgan fingerprint density at radius 2 is 1.93 bits per heavy atom. The lowest BCUT2D eigenvalue weighted by molar-refractivity contribution is 0.0472. The van der Waals surface area contributed by atoms with E-state index in [4.69, 9.17) is 30.5 Å². The molecule has 0 aliphatic carbocycles. The van der Waals surface area contributed by atoms with Crippen molar-refractivity contribution >= 4 is 27.6 Å². The number of fused-ring (bicyclic) bond motifs is 1. The number of carbonyl (C=O) groups is 1. The van der Waals surface area contributed by atoms with Crippen molar-refractivity contribution in [2.24, 2.45) is 0 Å². The van der Waals surface area contributed by atoms with Gasteiger partial charge in [0.15, 0.2) is 11.5 Å². The Kier molecular flexibility index (Phi) is 5.64. The van der Waals surface area contributed by atoms with E-state index < -0.39 is 16.0 Å². The largest absolute Gasteiger partial charge is 0.457 e. The van der Waals surface area contributed by atoms with E-state index in [1.54, 1.807) is 12.1 Å². The predicted molar refractivity (Wildman–Crippen MR) is 103 cm³/mol. The number of hydrogen-bond acceptors (Lipinski definition) is 7. The van der Waals surface area contributed by atoms with E-state index >= 15 is 0 Å². The summed E-state index contributed by atoms with van der Waals surface area (Å²) in [4.78, 5) is 12.5. The first-order chi connectivity index (χ1) is 13.9. The van der Waals surface area contributed by atoms with Crippen LogP contribution in [0, 0.1) is 0 Å². The third-order valence-electron chi connectivity index (χ3n) is 4.53. The molecule has 29 heavy (non-hydrogen) atoms. The van der Waals surface area contributed by atoms with Crippen LogP contribution in [0.1, 0.15) is 15.9 Å². The van der Waals surface area contributed by atoms with Crippen LogP contribution in [-0.2, 0) is 26.1 Å². The van der Waals surface area contributed by atoms with Crippen LogP contribution in [0.2, 0.25) is 5.02 Å². The van der Waals surface area contributed by atoms with Crippen molar-refractivity contribution in [2.75, 3.05) is 33.1 Å². The minimum absolute atomic E-state index is 0.0416. The third kappa shape index (κ3) is 4.18. The van der Waals surface area contributed by atoms with Gasteiger partial charge >= 0.3 is 5.97 Å². The molecular weight excluding hydrogens is 422 g/mol. The van der Waals surface area contributed by atoms with Crippen molar-refractivity contribution in [1.29, 1.82) is 0 Å². The second kappa shape index (κ2) is 8.19. The molecule has 2 heterocycles. The summed E-state index contributed by atoms with van der Waals surface area (Å²) in [5.41, 5.74) is 0.774. The van der Waals surface area contributed by atoms with Gasteiger partial charge in [-0.15, -0.1) is 0 Å². The molecule has 10 heteroatoms. The highest BCUT2D eigenvalue weighted by atomic mass is 35.5. The molecule has 0 radical (unpaired) electrons. The second-order valence-electron chi connectivity index (χ2n) is 6.43. The molecule has 2 aliphatic rings. The second-order valence-corrected chi connectivity index (χ2v) is 8.78. The van der Waals surface area contributed by atoms with Gasteiger partial charge in [-0.2, -0.15) is 4.31 Å². The lowest BCUT2D eigenvalue weighted by Crippen LogP contribution is -2.40. The highest BCUT2D eigenvalue weighted by molar-refractivity contribution is 7.89. The molecule has 1 saturated heterocycles. The maximum Gasteiger partial charge on any atom is 0.338 e. The first kappa shape index (κ1) is 20.0. The Morgan fingerprint density at radius 3 is 2.72 bits per heavy atom. The van der Waals surface area contributed by atoms with Crippen molar-refractivity contribution < 1.29 is 32.2 Å². The van der Waals surface area contributed by atoms with Gasteiger partial charge in [-0.1, -0.05) is 17.7 Å². The van der Waals surface area contributed by atoms with Crippen LogP contribution < -0.4 is 9.47 Å². The standard InChI is InChI=1S/C19H18ClNO7S/c20-16-8-13(9-17-18(16)28-12-27-17)11-26-19(22)14-2-1-3-15(10-14)29(23,24)21-4-6-25-7-5-21/h1-3,8-10H,4-7,11-12H2. The number of carbonyl (C=O) groups excluding carboxylic acids is 1. The number of ether oxygens (including phenoxy) is 4. The van der Waals surface area contributed by atoms with Gasteiger partial charge in [0, 0.05) is 13.1 Å². The number of sulfonamides is 1. The summed E-state index contributed by atoms with van der Waals surface area (Å²) < 4.78 is 47.9. The summed E-state index contributed by atoms with van der Waals surface area (Å²) >= 11 is 6.13. The van der Waals surface area contributed by atoms with Gasteiger partial charge in [-0.25, -0.2) is 13.2 Å². The van der Waals surface area contributed by atoms with Crippen molar-refractivity contribution in [2.45, 2.75) is 11.5 Å². The van der Waals surface area contributed by atoms with E-state index in [9.17, 15) is 13.2 Å². The molecule has 2 aromatic rings. The van der Waals surface area contributed by atoms with Crippen molar-refractivity contribution in [1.82, 2.24) is 4.31 Å². The molecule has 0 N–H and O–H groups in total. The monoisotopic (exact) mass is 439 g/mol. The highest BCUT2D eigenvalue weighted by Gasteiger charge is 2.27. The molecule has 0 unspecified atom stereocenters. The van der Waals surface area contributed by atoms with Crippen molar-refractivity contribution in [3.05, 3.63) is 52.5 Å². The number of benzene rings is 2. The molecule has 154 valence electrons. The predicted octanol–water partition coefficient (Wildman–Crippen LogP) is 2.45. The number of morpholine rings is 1. The summed E-state index contributed by atoms with van der Waals surface area (Å²) in [5, 5.41) is 0.365. The van der Waals surface area contributed by atoms with Crippen LogP contribution >= 0.6 is 11.6 Å². The van der Waals surface area contributed by atoms with Crippen molar-refractivity contribution in [3.8, 4) is 11.5 Å². The molecule has 1 fully saturated rings. The van der Waals surface area contributed by atoms with Crippen LogP contribution in [0.5, 0.6) is 11.5 Å². The molecular formula is C19H18ClNO7S. The Morgan fingerprint density at radius 1 is 1.14 bits per heavy atom. The molecule has 0 amide bonds. The fourth-order valence-corrected chi connectivity index (χ4v) is 4.80. The van der Waals surface area contributed by atoms with Crippen LogP contribution in [0.25, 0.3) is 0 Å². The average molecular weight is 440 g/mol. The molecule has 0 aromatic heterocycles. The summed E-state index contributed by atoms with van der Waals surface area (Å²) in [6.45, 7) is 1.29. The maximum atomic E-state index is 12.8. The molecule has 2 aromatic carbocycles. The maximum absolute atomic E-state index is 12.8. The minimum atomic E-state index is -3.70. The van der Waals surface area contributed by atoms with E-state index in [0.29, 0.717) is 35.3 Å².